The van der Waals surface area contributed by atoms with E-state index in [1.165, 1.54) is 19.3 Å². The molecule has 2 saturated heterocycles. The van der Waals surface area contributed by atoms with Crippen molar-refractivity contribution in [3.8, 4) is 0 Å². The van der Waals surface area contributed by atoms with Crippen LogP contribution in [0.2, 0.25) is 0 Å². The topological polar surface area (TPSA) is 62.7 Å². The SMILES string of the molecule is CCCc1ccc(CN2CCC(C(N)=O)(N3CCCCC3)CC2)o1. The summed E-state index contributed by atoms with van der Waals surface area (Å²) in [5.74, 6) is 1.97. The van der Waals surface area contributed by atoms with Gasteiger partial charge in [-0.1, -0.05) is 13.3 Å². The highest BCUT2D eigenvalue weighted by molar-refractivity contribution is 5.84. The van der Waals surface area contributed by atoms with Crippen molar-refractivity contribution in [1.82, 2.24) is 9.80 Å². The Morgan fingerprint density at radius 1 is 1.12 bits per heavy atom. The van der Waals surface area contributed by atoms with Gasteiger partial charge in [0, 0.05) is 19.5 Å². The fourth-order valence-corrected chi connectivity index (χ4v) is 4.23. The van der Waals surface area contributed by atoms with Gasteiger partial charge in [-0.05, 0) is 57.3 Å². The predicted octanol–water partition coefficient (Wildman–Crippen LogP) is 2.54. The first kappa shape index (κ1) is 17.5. The average Bonchev–Trinajstić information content (AvgIpc) is 3.04. The minimum atomic E-state index is -0.423. The Hall–Kier alpha value is -1.33. The molecule has 5 heteroatoms. The molecule has 24 heavy (non-hydrogen) atoms. The van der Waals surface area contributed by atoms with E-state index in [1.807, 2.05) is 0 Å². The molecule has 5 nitrogen and oxygen atoms in total. The summed E-state index contributed by atoms with van der Waals surface area (Å²) in [7, 11) is 0. The standard InChI is InChI=1S/C19H31N3O2/c1-2-6-16-7-8-17(24-16)15-21-13-9-19(10-14-21,18(20)23)22-11-4-3-5-12-22/h7-8H,2-6,9-15H2,1H3,(H2,20,23). The van der Waals surface area contributed by atoms with Crippen LogP contribution >= 0.6 is 0 Å². The lowest BCUT2D eigenvalue weighted by molar-refractivity contribution is -0.135. The smallest absolute Gasteiger partial charge is 0.238 e. The van der Waals surface area contributed by atoms with Gasteiger partial charge in [0.05, 0.1) is 6.54 Å². The van der Waals surface area contributed by atoms with E-state index < -0.39 is 5.54 Å². The molecule has 3 rings (SSSR count). The van der Waals surface area contributed by atoms with Gasteiger partial charge >= 0.3 is 0 Å². The third-order valence-corrected chi connectivity index (χ3v) is 5.70. The van der Waals surface area contributed by atoms with Crippen LogP contribution in [0.3, 0.4) is 0 Å². The number of amides is 1. The van der Waals surface area contributed by atoms with Crippen molar-refractivity contribution in [1.29, 1.82) is 0 Å². The van der Waals surface area contributed by atoms with Gasteiger partial charge in [-0.3, -0.25) is 14.6 Å². The van der Waals surface area contributed by atoms with Gasteiger partial charge < -0.3 is 10.2 Å². The number of hydrogen-bond acceptors (Lipinski definition) is 4. The first-order valence-corrected chi connectivity index (χ1v) is 9.49. The fourth-order valence-electron chi connectivity index (χ4n) is 4.23. The second-order valence-electron chi connectivity index (χ2n) is 7.34. The largest absolute Gasteiger partial charge is 0.465 e. The van der Waals surface area contributed by atoms with Crippen LogP contribution in [0.25, 0.3) is 0 Å². The molecular weight excluding hydrogens is 302 g/mol. The molecule has 0 atom stereocenters. The van der Waals surface area contributed by atoms with E-state index in [1.54, 1.807) is 0 Å². The molecule has 3 heterocycles. The highest BCUT2D eigenvalue weighted by atomic mass is 16.3. The molecule has 2 fully saturated rings. The summed E-state index contributed by atoms with van der Waals surface area (Å²) in [6.07, 6.45) is 7.43. The maximum Gasteiger partial charge on any atom is 0.238 e. The summed E-state index contributed by atoms with van der Waals surface area (Å²) in [6, 6.07) is 4.18. The number of nitrogens with zero attached hydrogens (tertiary/aromatic N) is 2. The summed E-state index contributed by atoms with van der Waals surface area (Å²) in [4.78, 5) is 17.0. The van der Waals surface area contributed by atoms with Gasteiger partial charge in [-0.2, -0.15) is 0 Å². The van der Waals surface area contributed by atoms with E-state index in [0.29, 0.717) is 0 Å². The van der Waals surface area contributed by atoms with E-state index in [-0.39, 0.29) is 5.91 Å². The minimum absolute atomic E-state index is 0.132. The molecule has 0 aliphatic carbocycles. The van der Waals surface area contributed by atoms with Crippen molar-refractivity contribution in [2.75, 3.05) is 26.2 Å². The van der Waals surface area contributed by atoms with Gasteiger partial charge in [-0.15, -0.1) is 0 Å². The predicted molar refractivity (Wildman–Crippen MR) is 94.6 cm³/mol. The van der Waals surface area contributed by atoms with E-state index in [2.05, 4.69) is 28.9 Å². The lowest BCUT2D eigenvalue weighted by Gasteiger charge is -2.48. The molecule has 1 aromatic heterocycles. The maximum atomic E-state index is 12.3. The lowest BCUT2D eigenvalue weighted by Crippen LogP contribution is -2.63. The van der Waals surface area contributed by atoms with Crippen LogP contribution in [0.15, 0.2) is 16.5 Å². The summed E-state index contributed by atoms with van der Waals surface area (Å²) in [5.41, 5.74) is 5.43. The number of carbonyl (C=O) groups excluding carboxylic acids is 1. The van der Waals surface area contributed by atoms with Gasteiger partial charge in [0.1, 0.15) is 17.1 Å². The van der Waals surface area contributed by atoms with E-state index in [4.69, 9.17) is 10.2 Å². The highest BCUT2D eigenvalue weighted by Crippen LogP contribution is 2.32. The molecule has 0 saturated carbocycles. The van der Waals surface area contributed by atoms with Crippen molar-refractivity contribution in [3.63, 3.8) is 0 Å². The molecule has 1 aromatic rings. The Morgan fingerprint density at radius 3 is 2.42 bits per heavy atom. The van der Waals surface area contributed by atoms with Crippen LogP contribution in [0.1, 0.15) is 57.0 Å². The van der Waals surface area contributed by atoms with Crippen LogP contribution in [0.4, 0.5) is 0 Å². The molecule has 2 aliphatic heterocycles. The van der Waals surface area contributed by atoms with Gasteiger partial charge in [-0.25, -0.2) is 0 Å². The van der Waals surface area contributed by atoms with E-state index in [9.17, 15) is 4.79 Å². The van der Waals surface area contributed by atoms with Gasteiger partial charge in [0.25, 0.3) is 0 Å². The Morgan fingerprint density at radius 2 is 1.79 bits per heavy atom. The first-order valence-electron chi connectivity index (χ1n) is 9.49. The van der Waals surface area contributed by atoms with E-state index >= 15 is 0 Å². The van der Waals surface area contributed by atoms with Crippen molar-refractivity contribution < 1.29 is 9.21 Å². The number of aryl methyl sites for hydroxylation is 1. The minimum Gasteiger partial charge on any atom is -0.465 e. The molecule has 0 spiro atoms. The second-order valence-corrected chi connectivity index (χ2v) is 7.34. The molecule has 0 bridgehead atoms. The normalized spacial score (nSPS) is 22.5. The number of primary amides is 1. The Bertz CT molecular complexity index is 541. The Balaban J connectivity index is 1.59. The number of nitrogens with two attached hydrogens (primary N) is 1. The Kier molecular flexibility index (Phi) is 5.61. The van der Waals surface area contributed by atoms with Crippen LogP contribution in [0.5, 0.6) is 0 Å². The quantitative estimate of drug-likeness (QED) is 0.869. The molecule has 1 amide bonds. The van der Waals surface area contributed by atoms with Crippen molar-refractivity contribution in [3.05, 3.63) is 23.7 Å². The number of furan rings is 1. The molecular formula is C19H31N3O2. The van der Waals surface area contributed by atoms with Gasteiger partial charge in [0.15, 0.2) is 0 Å². The molecule has 134 valence electrons. The molecule has 0 radical (unpaired) electrons. The number of piperidine rings is 2. The van der Waals surface area contributed by atoms with Crippen molar-refractivity contribution in [2.24, 2.45) is 5.73 Å². The summed E-state index contributed by atoms with van der Waals surface area (Å²) in [6.45, 7) is 6.84. The average molecular weight is 333 g/mol. The number of rotatable bonds is 6. The lowest BCUT2D eigenvalue weighted by atomic mass is 9.83. The van der Waals surface area contributed by atoms with Crippen LogP contribution in [0, 0.1) is 0 Å². The summed E-state index contributed by atoms with van der Waals surface area (Å²) < 4.78 is 5.90. The molecule has 0 unspecified atom stereocenters. The zero-order chi connectivity index (χ0) is 17.0. The third-order valence-electron chi connectivity index (χ3n) is 5.70. The number of hydrogen-bond donors (Lipinski definition) is 1. The zero-order valence-electron chi connectivity index (χ0n) is 14.9. The summed E-state index contributed by atoms with van der Waals surface area (Å²) in [5, 5.41) is 0. The maximum absolute atomic E-state index is 12.3. The van der Waals surface area contributed by atoms with Crippen molar-refractivity contribution >= 4 is 5.91 Å². The van der Waals surface area contributed by atoms with Crippen molar-refractivity contribution in [2.45, 2.75) is 64.0 Å². The molecule has 0 aromatic carbocycles. The van der Waals surface area contributed by atoms with Crippen LogP contribution in [-0.2, 0) is 17.8 Å². The molecule has 2 aliphatic rings. The van der Waals surface area contributed by atoms with Crippen LogP contribution < -0.4 is 5.73 Å². The number of likely N-dealkylation sites (tertiary alicyclic amines) is 2. The van der Waals surface area contributed by atoms with Crippen LogP contribution in [-0.4, -0.2) is 47.4 Å². The van der Waals surface area contributed by atoms with Gasteiger partial charge in [0.2, 0.25) is 5.91 Å². The first-order chi connectivity index (χ1) is 11.6. The third kappa shape index (κ3) is 3.67. The zero-order valence-corrected chi connectivity index (χ0v) is 14.9. The fraction of sp³-hybridized carbons (Fsp3) is 0.737. The second kappa shape index (κ2) is 7.70. The Labute approximate surface area is 145 Å². The number of carbonyl (C=O) groups is 1. The summed E-state index contributed by atoms with van der Waals surface area (Å²) >= 11 is 0. The van der Waals surface area contributed by atoms with E-state index in [0.717, 1.165) is 69.9 Å². The highest BCUT2D eigenvalue weighted by Gasteiger charge is 2.45. The monoisotopic (exact) mass is 333 g/mol. The molecule has 2 N–H and O–H groups in total.